The molecule has 2 heterocycles. The van der Waals surface area contributed by atoms with E-state index in [4.69, 9.17) is 4.74 Å². The largest absolute Gasteiger partial charge is 0.381 e. The molecule has 0 spiro atoms. The van der Waals surface area contributed by atoms with Gasteiger partial charge in [-0.25, -0.2) is 9.97 Å². The third kappa shape index (κ3) is 4.03. The van der Waals surface area contributed by atoms with E-state index >= 15 is 0 Å². The Morgan fingerprint density at radius 3 is 2.91 bits per heavy atom. The van der Waals surface area contributed by atoms with Crippen LogP contribution in [0.2, 0.25) is 0 Å². The summed E-state index contributed by atoms with van der Waals surface area (Å²) in [4.78, 5) is 12.7. The average molecular weight is 329 g/mol. The number of aryl methyl sites for hydroxylation is 1. The smallest absolute Gasteiger partial charge is 0.132 e. The molecule has 0 saturated carbocycles. The molecular formula is C18H23N3OS. The van der Waals surface area contributed by atoms with Crippen LogP contribution in [0.4, 0.5) is 5.82 Å². The van der Waals surface area contributed by atoms with Gasteiger partial charge in [0.1, 0.15) is 11.6 Å². The molecule has 1 aromatic heterocycles. The van der Waals surface area contributed by atoms with Crippen molar-refractivity contribution < 1.29 is 4.74 Å². The van der Waals surface area contributed by atoms with E-state index in [-0.39, 0.29) is 0 Å². The first-order chi connectivity index (χ1) is 11.2. The highest BCUT2D eigenvalue weighted by molar-refractivity contribution is 7.98. The molecular weight excluding hydrogens is 306 g/mol. The average Bonchev–Trinajstić information content (AvgIpc) is 3.09. The highest BCUT2D eigenvalue weighted by Crippen LogP contribution is 2.26. The first kappa shape index (κ1) is 16.3. The highest BCUT2D eigenvalue weighted by atomic mass is 32.2. The minimum atomic E-state index is 0.406. The van der Waals surface area contributed by atoms with Crippen LogP contribution in [0.5, 0.6) is 0 Å². The molecule has 1 aromatic carbocycles. The van der Waals surface area contributed by atoms with E-state index in [9.17, 15) is 0 Å². The predicted molar refractivity (Wildman–Crippen MR) is 95.3 cm³/mol. The maximum Gasteiger partial charge on any atom is 0.132 e. The molecule has 0 radical (unpaired) electrons. The molecule has 0 amide bonds. The number of hydrogen-bond acceptors (Lipinski definition) is 5. The Balaban J connectivity index is 1.79. The van der Waals surface area contributed by atoms with Crippen molar-refractivity contribution >= 4 is 17.6 Å². The number of anilines is 1. The molecule has 1 aliphatic heterocycles. The summed E-state index contributed by atoms with van der Waals surface area (Å²) in [6, 6.07) is 10.8. The number of benzene rings is 1. The molecule has 5 heteroatoms. The maximum absolute atomic E-state index is 5.50. The Bertz CT molecular complexity index is 671. The number of thioether (sulfide) groups is 1. The fourth-order valence-corrected chi connectivity index (χ4v) is 3.36. The summed E-state index contributed by atoms with van der Waals surface area (Å²) in [6.45, 7) is 4.41. The second-order valence-electron chi connectivity index (χ2n) is 5.97. The van der Waals surface area contributed by atoms with Crippen LogP contribution in [0.25, 0.3) is 0 Å². The van der Waals surface area contributed by atoms with Gasteiger partial charge in [-0.05, 0) is 37.3 Å². The van der Waals surface area contributed by atoms with Crippen LogP contribution in [0.15, 0.2) is 35.2 Å². The molecule has 3 rings (SSSR count). The molecule has 0 N–H and O–H groups in total. The predicted octanol–water partition coefficient (Wildman–Crippen LogP) is 3.65. The molecule has 1 saturated heterocycles. The van der Waals surface area contributed by atoms with Gasteiger partial charge < -0.3 is 9.64 Å². The monoisotopic (exact) mass is 329 g/mol. The molecule has 0 aliphatic carbocycles. The minimum Gasteiger partial charge on any atom is -0.381 e. The lowest BCUT2D eigenvalue weighted by Crippen LogP contribution is -2.19. The number of nitrogens with zero attached hydrogens (tertiary/aromatic N) is 3. The summed E-state index contributed by atoms with van der Waals surface area (Å²) >= 11 is 1.77. The van der Waals surface area contributed by atoms with Crippen molar-refractivity contribution in [1.29, 1.82) is 0 Å². The number of hydrogen-bond donors (Lipinski definition) is 0. The fraction of sp³-hybridized carbons (Fsp3) is 0.444. The Morgan fingerprint density at radius 2 is 2.17 bits per heavy atom. The van der Waals surface area contributed by atoms with Gasteiger partial charge in [-0.3, -0.25) is 0 Å². The van der Waals surface area contributed by atoms with Gasteiger partial charge in [0.15, 0.2) is 0 Å². The summed E-state index contributed by atoms with van der Waals surface area (Å²) in [5.74, 6) is 2.21. The van der Waals surface area contributed by atoms with Crippen LogP contribution in [0.3, 0.4) is 0 Å². The van der Waals surface area contributed by atoms with Crippen LogP contribution in [0.1, 0.15) is 29.4 Å². The summed E-state index contributed by atoms with van der Waals surface area (Å²) < 4.78 is 5.50. The second kappa shape index (κ2) is 7.32. The summed E-state index contributed by atoms with van der Waals surface area (Å²) in [5.41, 5.74) is 2.40. The third-order valence-corrected chi connectivity index (χ3v) is 4.86. The molecule has 4 nitrogen and oxygen atoms in total. The quantitative estimate of drug-likeness (QED) is 0.783. The lowest BCUT2D eigenvalue weighted by molar-refractivity contribution is 0.193. The summed E-state index contributed by atoms with van der Waals surface area (Å²) in [5, 5.41) is 0. The van der Waals surface area contributed by atoms with Gasteiger partial charge in [0.25, 0.3) is 0 Å². The van der Waals surface area contributed by atoms with E-state index in [2.05, 4.69) is 58.5 Å². The number of aromatic nitrogens is 2. The molecule has 1 unspecified atom stereocenters. The Morgan fingerprint density at radius 1 is 1.30 bits per heavy atom. The van der Waals surface area contributed by atoms with E-state index < -0.39 is 0 Å². The number of ether oxygens (including phenoxy) is 1. The van der Waals surface area contributed by atoms with Crippen LogP contribution >= 0.6 is 11.8 Å². The first-order valence-corrected chi connectivity index (χ1v) is 9.15. The van der Waals surface area contributed by atoms with E-state index in [0.717, 1.165) is 43.5 Å². The Hall–Kier alpha value is -1.59. The topological polar surface area (TPSA) is 38.2 Å². The van der Waals surface area contributed by atoms with Gasteiger partial charge in [-0.2, -0.15) is 0 Å². The summed E-state index contributed by atoms with van der Waals surface area (Å²) in [6.07, 6.45) is 3.15. The SMILES string of the molecule is CSc1cccc(CN(C)c2cc(C3CCOC3)nc(C)n2)c1. The lowest BCUT2D eigenvalue weighted by Gasteiger charge is -2.20. The standard InChI is InChI=1S/C18H23N3OS/c1-13-19-17(15-7-8-22-12-15)10-18(20-13)21(2)11-14-5-4-6-16(9-14)23-3/h4-6,9-10,15H,7-8,11-12H2,1-3H3. The van der Waals surface area contributed by atoms with E-state index in [1.54, 1.807) is 11.8 Å². The Kier molecular flexibility index (Phi) is 5.18. The van der Waals surface area contributed by atoms with E-state index in [1.807, 2.05) is 6.92 Å². The van der Waals surface area contributed by atoms with Gasteiger partial charge in [-0.1, -0.05) is 12.1 Å². The molecule has 122 valence electrons. The molecule has 1 aliphatic rings. The third-order valence-electron chi connectivity index (χ3n) is 4.14. The maximum atomic E-state index is 5.50. The number of rotatable bonds is 5. The van der Waals surface area contributed by atoms with Crippen molar-refractivity contribution in [2.75, 3.05) is 31.4 Å². The van der Waals surface area contributed by atoms with Crippen molar-refractivity contribution in [2.24, 2.45) is 0 Å². The van der Waals surface area contributed by atoms with Crippen molar-refractivity contribution in [2.45, 2.75) is 30.7 Å². The molecule has 0 bridgehead atoms. The van der Waals surface area contributed by atoms with Crippen LogP contribution < -0.4 is 4.90 Å². The minimum absolute atomic E-state index is 0.406. The Labute approximate surface area is 142 Å². The molecule has 1 fully saturated rings. The van der Waals surface area contributed by atoms with Crippen LogP contribution in [-0.4, -0.2) is 36.5 Å². The van der Waals surface area contributed by atoms with Crippen LogP contribution in [0, 0.1) is 6.92 Å². The normalized spacial score (nSPS) is 17.4. The van der Waals surface area contributed by atoms with Gasteiger partial charge >= 0.3 is 0 Å². The highest BCUT2D eigenvalue weighted by Gasteiger charge is 2.20. The molecule has 23 heavy (non-hydrogen) atoms. The first-order valence-electron chi connectivity index (χ1n) is 7.93. The molecule has 1 atom stereocenters. The van der Waals surface area contributed by atoms with Crippen molar-refractivity contribution in [3.63, 3.8) is 0 Å². The lowest BCUT2D eigenvalue weighted by atomic mass is 10.0. The molecule has 2 aromatic rings. The van der Waals surface area contributed by atoms with Gasteiger partial charge in [0.2, 0.25) is 0 Å². The van der Waals surface area contributed by atoms with Gasteiger partial charge in [0, 0.05) is 37.1 Å². The van der Waals surface area contributed by atoms with E-state index in [1.165, 1.54) is 10.5 Å². The van der Waals surface area contributed by atoms with E-state index in [0.29, 0.717) is 5.92 Å². The zero-order valence-corrected chi connectivity index (χ0v) is 14.8. The second-order valence-corrected chi connectivity index (χ2v) is 6.85. The van der Waals surface area contributed by atoms with Crippen molar-refractivity contribution in [3.8, 4) is 0 Å². The van der Waals surface area contributed by atoms with Crippen LogP contribution in [-0.2, 0) is 11.3 Å². The van der Waals surface area contributed by atoms with Crippen molar-refractivity contribution in [1.82, 2.24) is 9.97 Å². The van der Waals surface area contributed by atoms with Crippen molar-refractivity contribution in [3.05, 3.63) is 47.4 Å². The zero-order valence-electron chi connectivity index (χ0n) is 14.0. The van der Waals surface area contributed by atoms with Gasteiger partial charge in [-0.15, -0.1) is 11.8 Å². The zero-order chi connectivity index (χ0) is 16.2. The summed E-state index contributed by atoms with van der Waals surface area (Å²) in [7, 11) is 2.09. The van der Waals surface area contributed by atoms with Gasteiger partial charge in [0.05, 0.1) is 12.3 Å². The fourth-order valence-electron chi connectivity index (χ4n) is 2.87.